The summed E-state index contributed by atoms with van der Waals surface area (Å²) < 4.78 is 5.27. The van der Waals surface area contributed by atoms with Crippen LogP contribution in [0.1, 0.15) is 37.7 Å². The van der Waals surface area contributed by atoms with E-state index in [-0.39, 0.29) is 25.0 Å². The van der Waals surface area contributed by atoms with Crippen molar-refractivity contribution < 1.29 is 14.3 Å². The van der Waals surface area contributed by atoms with Gasteiger partial charge in [-0.3, -0.25) is 4.79 Å². The van der Waals surface area contributed by atoms with Crippen LogP contribution >= 0.6 is 0 Å². The van der Waals surface area contributed by atoms with E-state index in [9.17, 15) is 9.59 Å². The zero-order chi connectivity index (χ0) is 16.9. The Hall–Kier alpha value is -2.30. The Morgan fingerprint density at radius 3 is 3.00 bits per heavy atom. The number of benzene rings is 1. The van der Waals surface area contributed by atoms with E-state index in [2.05, 4.69) is 11.4 Å². The molecule has 0 saturated heterocycles. The normalized spacial score (nSPS) is 17.0. The zero-order valence-electron chi connectivity index (χ0n) is 14.1. The molecule has 1 aliphatic heterocycles. The standard InChI is InChI=1S/C19H24N2O3/c1-14-7-8-16-17(11-14)24-19(23)13-21(16)12-18(22)20-10-9-15-5-3-2-4-6-15/h5,7-8,11H,2-4,6,9-10,12-13H2,1H3,(H,20,22). The third kappa shape index (κ3) is 4.16. The van der Waals surface area contributed by atoms with E-state index in [1.165, 1.54) is 18.4 Å². The van der Waals surface area contributed by atoms with Crippen molar-refractivity contribution in [3.63, 3.8) is 0 Å². The number of carbonyl (C=O) groups is 2. The van der Waals surface area contributed by atoms with Gasteiger partial charge in [-0.05, 0) is 56.7 Å². The van der Waals surface area contributed by atoms with Gasteiger partial charge in [-0.15, -0.1) is 0 Å². The summed E-state index contributed by atoms with van der Waals surface area (Å²) in [6.45, 7) is 2.88. The second-order valence-electron chi connectivity index (χ2n) is 6.51. The maximum absolute atomic E-state index is 12.2. The summed E-state index contributed by atoms with van der Waals surface area (Å²) >= 11 is 0. The lowest BCUT2D eigenvalue weighted by Gasteiger charge is -2.29. The molecule has 1 amide bonds. The molecule has 0 unspecified atom stereocenters. The predicted octanol–water partition coefficient (Wildman–Crippen LogP) is 2.73. The van der Waals surface area contributed by atoms with E-state index in [0.29, 0.717) is 12.3 Å². The fraction of sp³-hybridized carbons (Fsp3) is 0.474. The molecule has 1 N–H and O–H groups in total. The molecule has 0 radical (unpaired) electrons. The summed E-state index contributed by atoms with van der Waals surface area (Å²) in [5.41, 5.74) is 3.27. The molecule has 5 heteroatoms. The van der Waals surface area contributed by atoms with Gasteiger partial charge in [0, 0.05) is 6.54 Å². The number of allylic oxidation sites excluding steroid dienone is 1. The van der Waals surface area contributed by atoms with Crippen LogP contribution in [-0.2, 0) is 9.59 Å². The van der Waals surface area contributed by atoms with Crippen molar-refractivity contribution >= 4 is 17.6 Å². The Kier molecular flexibility index (Phi) is 5.18. The number of carbonyl (C=O) groups excluding carboxylic acids is 2. The van der Waals surface area contributed by atoms with Crippen molar-refractivity contribution in [2.24, 2.45) is 0 Å². The highest BCUT2D eigenvalue weighted by Crippen LogP contribution is 2.32. The lowest BCUT2D eigenvalue weighted by Crippen LogP contribution is -2.43. The molecule has 1 heterocycles. The smallest absolute Gasteiger partial charge is 0.331 e. The Labute approximate surface area is 142 Å². The molecule has 1 aromatic rings. The van der Waals surface area contributed by atoms with E-state index < -0.39 is 0 Å². The van der Waals surface area contributed by atoms with Crippen LogP contribution in [0.2, 0.25) is 0 Å². The minimum absolute atomic E-state index is 0.0624. The van der Waals surface area contributed by atoms with Crippen LogP contribution in [0.3, 0.4) is 0 Å². The Morgan fingerprint density at radius 2 is 2.21 bits per heavy atom. The Bertz CT molecular complexity index is 667. The van der Waals surface area contributed by atoms with Gasteiger partial charge in [0.25, 0.3) is 0 Å². The second kappa shape index (κ2) is 7.51. The molecule has 0 atom stereocenters. The van der Waals surface area contributed by atoms with Gasteiger partial charge < -0.3 is 15.0 Å². The molecule has 1 aromatic carbocycles. The maximum atomic E-state index is 12.2. The first-order chi connectivity index (χ1) is 11.6. The third-order valence-electron chi connectivity index (χ3n) is 4.49. The predicted molar refractivity (Wildman–Crippen MR) is 93.2 cm³/mol. The molecule has 24 heavy (non-hydrogen) atoms. The van der Waals surface area contributed by atoms with Crippen molar-refractivity contribution in [3.8, 4) is 5.75 Å². The fourth-order valence-electron chi connectivity index (χ4n) is 3.22. The molecule has 1 aliphatic carbocycles. The van der Waals surface area contributed by atoms with Crippen LogP contribution in [-0.4, -0.2) is 31.5 Å². The van der Waals surface area contributed by atoms with Crippen molar-refractivity contribution in [3.05, 3.63) is 35.4 Å². The number of nitrogens with one attached hydrogen (secondary N) is 1. The fourth-order valence-corrected chi connectivity index (χ4v) is 3.22. The number of ether oxygens (including phenoxy) is 1. The van der Waals surface area contributed by atoms with Crippen LogP contribution in [0.5, 0.6) is 5.75 Å². The minimum atomic E-state index is -0.326. The molecule has 0 spiro atoms. The number of anilines is 1. The average molecular weight is 328 g/mol. The lowest BCUT2D eigenvalue weighted by atomic mass is 9.97. The van der Waals surface area contributed by atoms with Crippen molar-refractivity contribution in [1.29, 1.82) is 0 Å². The lowest BCUT2D eigenvalue weighted by molar-refractivity contribution is -0.133. The number of rotatable bonds is 5. The third-order valence-corrected chi connectivity index (χ3v) is 4.49. The summed E-state index contributed by atoms with van der Waals surface area (Å²) in [6.07, 6.45) is 8.07. The topological polar surface area (TPSA) is 58.6 Å². The Morgan fingerprint density at radius 1 is 1.33 bits per heavy atom. The highest BCUT2D eigenvalue weighted by atomic mass is 16.5. The van der Waals surface area contributed by atoms with Crippen LogP contribution in [0.25, 0.3) is 0 Å². The largest absolute Gasteiger partial charge is 0.423 e. The first-order valence-corrected chi connectivity index (χ1v) is 8.63. The molecule has 128 valence electrons. The number of aryl methyl sites for hydroxylation is 1. The van der Waals surface area contributed by atoms with E-state index in [4.69, 9.17) is 4.74 Å². The molecule has 0 aromatic heterocycles. The molecule has 5 nitrogen and oxygen atoms in total. The van der Waals surface area contributed by atoms with Gasteiger partial charge in [0.2, 0.25) is 5.91 Å². The molecular formula is C19H24N2O3. The monoisotopic (exact) mass is 328 g/mol. The molecule has 0 bridgehead atoms. The molecule has 2 aliphatic rings. The number of hydrogen-bond donors (Lipinski definition) is 1. The first-order valence-electron chi connectivity index (χ1n) is 8.63. The first kappa shape index (κ1) is 16.6. The summed E-state index contributed by atoms with van der Waals surface area (Å²) in [5, 5.41) is 2.96. The van der Waals surface area contributed by atoms with Crippen molar-refractivity contribution in [1.82, 2.24) is 5.32 Å². The maximum Gasteiger partial charge on any atom is 0.331 e. The van der Waals surface area contributed by atoms with E-state index in [1.807, 2.05) is 25.1 Å². The van der Waals surface area contributed by atoms with Gasteiger partial charge in [0.1, 0.15) is 6.54 Å². The van der Waals surface area contributed by atoms with Gasteiger partial charge in [-0.2, -0.15) is 0 Å². The molecule has 3 rings (SSSR count). The highest BCUT2D eigenvalue weighted by molar-refractivity contribution is 5.89. The van der Waals surface area contributed by atoms with Crippen molar-refractivity contribution in [2.45, 2.75) is 39.0 Å². The summed E-state index contributed by atoms with van der Waals surface area (Å²) in [7, 11) is 0. The van der Waals surface area contributed by atoms with Gasteiger partial charge in [0.15, 0.2) is 5.75 Å². The van der Waals surface area contributed by atoms with Crippen LogP contribution in [0, 0.1) is 6.92 Å². The van der Waals surface area contributed by atoms with E-state index >= 15 is 0 Å². The SMILES string of the molecule is Cc1ccc2c(c1)OC(=O)CN2CC(=O)NCCC1=CCCCC1. The summed E-state index contributed by atoms with van der Waals surface area (Å²) in [4.78, 5) is 25.7. The van der Waals surface area contributed by atoms with Gasteiger partial charge in [0.05, 0.1) is 12.2 Å². The highest BCUT2D eigenvalue weighted by Gasteiger charge is 2.25. The van der Waals surface area contributed by atoms with Crippen LogP contribution < -0.4 is 15.0 Å². The van der Waals surface area contributed by atoms with E-state index in [0.717, 1.165) is 30.5 Å². The minimum Gasteiger partial charge on any atom is -0.423 e. The number of amides is 1. The second-order valence-corrected chi connectivity index (χ2v) is 6.51. The summed E-state index contributed by atoms with van der Waals surface area (Å²) in [5.74, 6) is 0.146. The molecular weight excluding hydrogens is 304 g/mol. The van der Waals surface area contributed by atoms with Gasteiger partial charge in [-0.1, -0.05) is 17.7 Å². The van der Waals surface area contributed by atoms with Crippen LogP contribution in [0.15, 0.2) is 29.8 Å². The van der Waals surface area contributed by atoms with Crippen LogP contribution in [0.4, 0.5) is 5.69 Å². The average Bonchev–Trinajstić information content (AvgIpc) is 2.55. The Balaban J connectivity index is 1.54. The molecule has 0 saturated carbocycles. The number of fused-ring (bicyclic) bond motifs is 1. The zero-order valence-corrected chi connectivity index (χ0v) is 14.1. The number of nitrogens with zero attached hydrogens (tertiary/aromatic N) is 1. The summed E-state index contributed by atoms with van der Waals surface area (Å²) in [6, 6.07) is 5.68. The number of hydrogen-bond acceptors (Lipinski definition) is 4. The number of esters is 1. The molecule has 0 fully saturated rings. The van der Waals surface area contributed by atoms with Gasteiger partial charge in [-0.25, -0.2) is 4.79 Å². The van der Waals surface area contributed by atoms with Crippen molar-refractivity contribution in [2.75, 3.05) is 24.5 Å². The van der Waals surface area contributed by atoms with Gasteiger partial charge >= 0.3 is 5.97 Å². The quantitative estimate of drug-likeness (QED) is 0.513. The van der Waals surface area contributed by atoms with E-state index in [1.54, 1.807) is 4.90 Å².